The predicted octanol–water partition coefficient (Wildman–Crippen LogP) is 0.748. The van der Waals surface area contributed by atoms with E-state index in [1.165, 1.54) is 0 Å². The number of nitrogen functional groups attached to an aromatic ring is 1. The molecule has 0 aliphatic carbocycles. The number of nitrogens with two attached hydrogens (primary N) is 1. The standard InChI is InChI=1S/C16H14BN3O4/c1-23-14-3-2-12(17(22)24-9-21)7-13(14)11-6-10-4-5-19-16(18)15(10)20-8-11/h2-9,22H,1H3,(H2,18,19). The fraction of sp³-hybridized carbons (Fsp3) is 0.0625. The molecule has 0 aliphatic rings. The van der Waals surface area contributed by atoms with Crippen LogP contribution in [0.1, 0.15) is 0 Å². The first-order chi connectivity index (χ1) is 11.6. The molecule has 3 N–H and O–H groups in total. The van der Waals surface area contributed by atoms with Crippen molar-refractivity contribution < 1.29 is 19.2 Å². The van der Waals surface area contributed by atoms with Crippen molar-refractivity contribution in [2.45, 2.75) is 0 Å². The van der Waals surface area contributed by atoms with Gasteiger partial charge in [-0.05, 0) is 29.7 Å². The number of rotatable bonds is 5. The first kappa shape index (κ1) is 15.8. The van der Waals surface area contributed by atoms with E-state index in [1.807, 2.05) is 12.1 Å². The summed E-state index contributed by atoms with van der Waals surface area (Å²) < 4.78 is 9.95. The number of benzene rings is 1. The van der Waals surface area contributed by atoms with Crippen molar-refractivity contribution in [1.82, 2.24) is 9.97 Å². The lowest BCUT2D eigenvalue weighted by Crippen LogP contribution is -2.33. The van der Waals surface area contributed by atoms with Crippen LogP contribution in [0.15, 0.2) is 42.7 Å². The molecule has 0 amide bonds. The van der Waals surface area contributed by atoms with Crippen LogP contribution in [0.5, 0.6) is 5.75 Å². The number of carbonyl (C=O) groups is 1. The maximum Gasteiger partial charge on any atom is 0.561 e. The summed E-state index contributed by atoms with van der Waals surface area (Å²) in [6, 6.07) is 8.69. The van der Waals surface area contributed by atoms with Gasteiger partial charge in [-0.15, -0.1) is 0 Å². The topological polar surface area (TPSA) is 108 Å². The summed E-state index contributed by atoms with van der Waals surface area (Å²) in [5.41, 5.74) is 8.32. The van der Waals surface area contributed by atoms with Gasteiger partial charge in [-0.25, -0.2) is 4.98 Å². The average Bonchev–Trinajstić information content (AvgIpc) is 2.61. The average molecular weight is 323 g/mol. The molecule has 3 rings (SSSR count). The summed E-state index contributed by atoms with van der Waals surface area (Å²) in [4.78, 5) is 18.8. The third-order valence-corrected chi connectivity index (χ3v) is 3.63. The van der Waals surface area contributed by atoms with Crippen LogP contribution >= 0.6 is 0 Å². The SMILES string of the molecule is COc1ccc(B(O)OC=O)cc1-c1cnc2c(N)nccc2c1. The van der Waals surface area contributed by atoms with Crippen molar-refractivity contribution >= 4 is 35.8 Å². The molecule has 0 fully saturated rings. The number of fused-ring (bicyclic) bond motifs is 1. The smallest absolute Gasteiger partial charge is 0.508 e. The zero-order valence-electron chi connectivity index (χ0n) is 12.8. The van der Waals surface area contributed by atoms with E-state index >= 15 is 0 Å². The fourth-order valence-corrected chi connectivity index (χ4v) is 2.47. The Morgan fingerprint density at radius 2 is 2.08 bits per heavy atom. The molecule has 0 saturated carbocycles. The van der Waals surface area contributed by atoms with Crippen LogP contribution in [0.25, 0.3) is 22.0 Å². The summed E-state index contributed by atoms with van der Waals surface area (Å²) in [6.07, 6.45) is 3.26. The third kappa shape index (κ3) is 2.87. The predicted molar refractivity (Wildman–Crippen MR) is 90.7 cm³/mol. The molecule has 8 heteroatoms. The molecule has 2 heterocycles. The normalized spacial score (nSPS) is 10.4. The molecular formula is C16H14BN3O4. The van der Waals surface area contributed by atoms with Gasteiger partial charge in [-0.2, -0.15) is 0 Å². The lowest BCUT2D eigenvalue weighted by molar-refractivity contribution is -0.121. The van der Waals surface area contributed by atoms with E-state index in [1.54, 1.807) is 37.7 Å². The second-order valence-electron chi connectivity index (χ2n) is 5.04. The lowest BCUT2D eigenvalue weighted by atomic mass is 9.78. The minimum atomic E-state index is -1.35. The number of methoxy groups -OCH3 is 1. The van der Waals surface area contributed by atoms with Crippen molar-refractivity contribution in [2.24, 2.45) is 0 Å². The molecule has 7 nitrogen and oxygen atoms in total. The molecule has 120 valence electrons. The Balaban J connectivity index is 2.13. The molecule has 0 atom stereocenters. The van der Waals surface area contributed by atoms with E-state index in [9.17, 15) is 9.82 Å². The molecule has 3 aromatic rings. The third-order valence-electron chi connectivity index (χ3n) is 3.63. The van der Waals surface area contributed by atoms with E-state index in [0.29, 0.717) is 28.1 Å². The zero-order valence-corrected chi connectivity index (χ0v) is 12.8. The first-order valence-electron chi connectivity index (χ1n) is 7.09. The highest BCUT2D eigenvalue weighted by atomic mass is 16.5. The maximum absolute atomic E-state index is 10.4. The summed E-state index contributed by atoms with van der Waals surface area (Å²) in [6.45, 7) is 0.196. The second kappa shape index (κ2) is 6.55. The van der Waals surface area contributed by atoms with Gasteiger partial charge in [0.1, 0.15) is 17.1 Å². The van der Waals surface area contributed by atoms with Gasteiger partial charge < -0.3 is 20.1 Å². The summed E-state index contributed by atoms with van der Waals surface area (Å²) in [5.74, 6) is 0.954. The largest absolute Gasteiger partial charge is 0.561 e. The Morgan fingerprint density at radius 3 is 2.83 bits per heavy atom. The van der Waals surface area contributed by atoms with Crippen molar-refractivity contribution in [3.8, 4) is 16.9 Å². The number of hydrogen-bond donors (Lipinski definition) is 2. The van der Waals surface area contributed by atoms with Gasteiger partial charge in [0, 0.05) is 28.9 Å². The maximum atomic E-state index is 10.4. The molecule has 0 spiro atoms. The number of ether oxygens (including phenoxy) is 1. The van der Waals surface area contributed by atoms with E-state index in [-0.39, 0.29) is 6.47 Å². The summed E-state index contributed by atoms with van der Waals surface area (Å²) in [7, 11) is 0.202. The molecule has 1 aromatic carbocycles. The molecule has 0 unspecified atom stereocenters. The molecular weight excluding hydrogens is 309 g/mol. The number of pyridine rings is 2. The number of carbonyl (C=O) groups excluding carboxylic acids is 1. The van der Waals surface area contributed by atoms with Gasteiger partial charge in [0.05, 0.1) is 7.11 Å². The van der Waals surface area contributed by atoms with E-state index < -0.39 is 7.12 Å². The minimum Gasteiger partial charge on any atom is -0.508 e. The number of nitrogens with zero attached hydrogens (tertiary/aromatic N) is 2. The van der Waals surface area contributed by atoms with Crippen LogP contribution in [0.3, 0.4) is 0 Å². The molecule has 0 saturated heterocycles. The fourth-order valence-electron chi connectivity index (χ4n) is 2.47. The van der Waals surface area contributed by atoms with Crippen molar-refractivity contribution in [3.63, 3.8) is 0 Å². The molecule has 0 aliphatic heterocycles. The van der Waals surface area contributed by atoms with E-state index in [4.69, 9.17) is 10.5 Å². The summed E-state index contributed by atoms with van der Waals surface area (Å²) >= 11 is 0. The van der Waals surface area contributed by atoms with Crippen molar-refractivity contribution in [3.05, 3.63) is 42.7 Å². The molecule has 2 aromatic heterocycles. The van der Waals surface area contributed by atoms with E-state index in [0.717, 1.165) is 10.9 Å². The van der Waals surface area contributed by atoms with Crippen LogP contribution in [-0.2, 0) is 9.45 Å². The Kier molecular flexibility index (Phi) is 4.30. The van der Waals surface area contributed by atoms with Gasteiger partial charge in [0.15, 0.2) is 0 Å². The molecule has 0 bridgehead atoms. The first-order valence-corrected chi connectivity index (χ1v) is 7.09. The van der Waals surface area contributed by atoms with Gasteiger partial charge in [-0.1, -0.05) is 6.07 Å². The lowest BCUT2D eigenvalue weighted by Gasteiger charge is -2.12. The number of hydrogen-bond acceptors (Lipinski definition) is 7. The highest BCUT2D eigenvalue weighted by molar-refractivity contribution is 6.61. The van der Waals surface area contributed by atoms with Crippen LogP contribution in [0.2, 0.25) is 0 Å². The van der Waals surface area contributed by atoms with Crippen LogP contribution < -0.4 is 15.9 Å². The zero-order chi connectivity index (χ0) is 17.1. The Morgan fingerprint density at radius 1 is 1.25 bits per heavy atom. The molecule has 0 radical (unpaired) electrons. The Hall–Kier alpha value is -3.13. The highest BCUT2D eigenvalue weighted by Crippen LogP contribution is 2.31. The van der Waals surface area contributed by atoms with Crippen LogP contribution in [0.4, 0.5) is 5.82 Å². The Bertz CT molecular complexity index is 904. The second-order valence-corrected chi connectivity index (χ2v) is 5.04. The van der Waals surface area contributed by atoms with Crippen molar-refractivity contribution in [2.75, 3.05) is 12.8 Å². The Labute approximate surface area is 138 Å². The molecule has 24 heavy (non-hydrogen) atoms. The van der Waals surface area contributed by atoms with Gasteiger partial charge in [0.25, 0.3) is 6.47 Å². The number of anilines is 1. The monoisotopic (exact) mass is 323 g/mol. The quantitative estimate of drug-likeness (QED) is 0.527. The highest BCUT2D eigenvalue weighted by Gasteiger charge is 2.20. The van der Waals surface area contributed by atoms with Gasteiger partial charge in [0.2, 0.25) is 0 Å². The van der Waals surface area contributed by atoms with Crippen LogP contribution in [-0.4, -0.2) is 35.7 Å². The minimum absolute atomic E-state index is 0.196. The van der Waals surface area contributed by atoms with Crippen LogP contribution in [0, 0.1) is 0 Å². The van der Waals surface area contributed by atoms with Gasteiger partial charge >= 0.3 is 7.12 Å². The van der Waals surface area contributed by atoms with E-state index in [2.05, 4.69) is 14.6 Å². The van der Waals surface area contributed by atoms with Gasteiger partial charge in [-0.3, -0.25) is 9.78 Å². The van der Waals surface area contributed by atoms with Crippen molar-refractivity contribution in [1.29, 1.82) is 0 Å². The summed E-state index contributed by atoms with van der Waals surface area (Å²) in [5, 5.41) is 10.7. The number of aromatic nitrogens is 2.